The van der Waals surface area contributed by atoms with Crippen LogP contribution >= 0.6 is 11.6 Å². The maximum atomic E-state index is 13.1. The number of ketones is 1. The zero-order valence-electron chi connectivity index (χ0n) is 18.9. The highest BCUT2D eigenvalue weighted by Crippen LogP contribution is 2.33. The van der Waals surface area contributed by atoms with Gasteiger partial charge in [0.15, 0.2) is 5.78 Å². The topological polar surface area (TPSA) is 62.6 Å². The average molecular weight is 478 g/mol. The van der Waals surface area contributed by atoms with Gasteiger partial charge in [0.05, 0.1) is 12.3 Å². The number of nitrogens with zero attached hydrogens (tertiary/aromatic N) is 3. The number of aromatic nitrogens is 1. The van der Waals surface area contributed by atoms with Crippen LogP contribution < -0.4 is 0 Å². The molecule has 0 N–H and O–H groups in total. The molecule has 1 aliphatic carbocycles. The lowest BCUT2D eigenvalue weighted by Gasteiger charge is -2.33. The Morgan fingerprint density at radius 2 is 1.72 bits per heavy atom. The summed E-state index contributed by atoms with van der Waals surface area (Å²) in [5.41, 5.74) is 3.65. The Kier molecular flexibility index (Phi) is 7.10. The van der Waals surface area contributed by atoms with Crippen molar-refractivity contribution in [3.63, 3.8) is 0 Å². The first-order valence-electron chi connectivity index (χ1n) is 11.4. The van der Waals surface area contributed by atoms with Crippen molar-refractivity contribution < 1.29 is 13.2 Å². The minimum Gasteiger partial charge on any atom is -0.345 e. The fourth-order valence-corrected chi connectivity index (χ4v) is 6.97. The molecular formula is C24H32ClN3O3S. The van der Waals surface area contributed by atoms with E-state index < -0.39 is 10.0 Å². The molecule has 0 amide bonds. The number of piperazine rings is 1. The molecule has 1 aliphatic heterocycles. The number of hydrogen-bond donors (Lipinski definition) is 0. The van der Waals surface area contributed by atoms with E-state index in [0.717, 1.165) is 17.0 Å². The van der Waals surface area contributed by atoms with Crippen LogP contribution in [0.15, 0.2) is 30.3 Å². The average Bonchev–Trinajstić information content (AvgIpc) is 3.37. The third kappa shape index (κ3) is 4.96. The zero-order chi connectivity index (χ0) is 22.9. The molecule has 2 fully saturated rings. The van der Waals surface area contributed by atoms with Crippen molar-refractivity contribution in [1.29, 1.82) is 0 Å². The number of carbonyl (C=O) groups excluding carboxylic acids is 1. The summed E-state index contributed by atoms with van der Waals surface area (Å²) in [6.45, 7) is 6.35. The summed E-state index contributed by atoms with van der Waals surface area (Å²) in [4.78, 5) is 15.1. The van der Waals surface area contributed by atoms with Crippen LogP contribution in [-0.4, -0.2) is 60.7 Å². The molecule has 2 aliphatic rings. The van der Waals surface area contributed by atoms with Gasteiger partial charge in [0, 0.05) is 54.2 Å². The highest BCUT2D eigenvalue weighted by Gasteiger charge is 2.29. The molecule has 6 nitrogen and oxygen atoms in total. The molecule has 2 heterocycles. The van der Waals surface area contributed by atoms with Gasteiger partial charge >= 0.3 is 0 Å². The van der Waals surface area contributed by atoms with Gasteiger partial charge in [-0.25, -0.2) is 8.42 Å². The number of benzene rings is 1. The molecule has 0 bridgehead atoms. The molecule has 8 heteroatoms. The van der Waals surface area contributed by atoms with E-state index in [2.05, 4.69) is 23.3 Å². The van der Waals surface area contributed by atoms with E-state index in [9.17, 15) is 13.2 Å². The van der Waals surface area contributed by atoms with Crippen LogP contribution in [0.3, 0.4) is 0 Å². The Bertz CT molecular complexity index is 1080. The molecule has 2 aromatic rings. The molecular weight excluding hydrogens is 446 g/mol. The summed E-state index contributed by atoms with van der Waals surface area (Å²) in [6, 6.07) is 9.59. The number of halogens is 1. The minimum absolute atomic E-state index is 0.0985. The second kappa shape index (κ2) is 9.67. The van der Waals surface area contributed by atoms with E-state index in [0.29, 0.717) is 49.4 Å². The van der Waals surface area contributed by atoms with Crippen molar-refractivity contribution >= 4 is 27.4 Å². The van der Waals surface area contributed by atoms with Crippen LogP contribution in [-0.2, 0) is 15.8 Å². The number of hydrogen-bond acceptors (Lipinski definition) is 4. The largest absolute Gasteiger partial charge is 0.345 e. The first-order chi connectivity index (χ1) is 15.3. The van der Waals surface area contributed by atoms with Crippen molar-refractivity contribution in [3.8, 4) is 0 Å². The maximum Gasteiger partial charge on any atom is 0.218 e. The van der Waals surface area contributed by atoms with Crippen LogP contribution in [0.5, 0.6) is 0 Å². The van der Waals surface area contributed by atoms with Crippen molar-refractivity contribution in [3.05, 3.63) is 57.9 Å². The van der Waals surface area contributed by atoms with Crippen LogP contribution in [0.4, 0.5) is 0 Å². The van der Waals surface area contributed by atoms with Crippen molar-refractivity contribution in [2.45, 2.75) is 51.3 Å². The van der Waals surface area contributed by atoms with E-state index >= 15 is 0 Å². The molecule has 0 atom stereocenters. The monoisotopic (exact) mass is 477 g/mol. The molecule has 0 unspecified atom stereocenters. The Labute approximate surface area is 196 Å². The minimum atomic E-state index is -3.45. The molecule has 0 spiro atoms. The number of sulfonamides is 1. The van der Waals surface area contributed by atoms with Crippen LogP contribution in [0.1, 0.15) is 59.0 Å². The summed E-state index contributed by atoms with van der Waals surface area (Å²) in [5.74, 6) is 0.0217. The van der Waals surface area contributed by atoms with Gasteiger partial charge in [0.1, 0.15) is 0 Å². The summed E-state index contributed by atoms with van der Waals surface area (Å²) in [6.07, 6.45) is 4.90. The van der Waals surface area contributed by atoms with Crippen LogP contribution in [0.25, 0.3) is 0 Å². The third-order valence-electron chi connectivity index (χ3n) is 6.86. The van der Waals surface area contributed by atoms with Gasteiger partial charge in [-0.15, -0.1) is 0 Å². The lowest BCUT2D eigenvalue weighted by molar-refractivity contribution is 0.0901. The molecule has 1 saturated heterocycles. The summed E-state index contributed by atoms with van der Waals surface area (Å²) < 4.78 is 29.6. The number of aryl methyl sites for hydroxylation is 1. The molecule has 4 rings (SSSR count). The maximum absolute atomic E-state index is 13.1. The fourth-order valence-electron chi connectivity index (χ4n) is 5.14. The molecule has 174 valence electrons. The normalized spacial score (nSPS) is 19.0. The van der Waals surface area contributed by atoms with Gasteiger partial charge < -0.3 is 4.57 Å². The summed E-state index contributed by atoms with van der Waals surface area (Å²) >= 11 is 6.14. The zero-order valence-corrected chi connectivity index (χ0v) is 20.5. The van der Waals surface area contributed by atoms with Gasteiger partial charge in [-0.2, -0.15) is 4.31 Å². The quantitative estimate of drug-likeness (QED) is 0.560. The van der Waals surface area contributed by atoms with Gasteiger partial charge in [-0.05, 0) is 44.4 Å². The fraction of sp³-hybridized carbons (Fsp3) is 0.542. The van der Waals surface area contributed by atoms with E-state index in [4.69, 9.17) is 11.6 Å². The molecule has 1 aromatic carbocycles. The highest BCUT2D eigenvalue weighted by molar-refractivity contribution is 7.88. The predicted octanol–water partition coefficient (Wildman–Crippen LogP) is 4.20. The van der Waals surface area contributed by atoms with Gasteiger partial charge in [0.25, 0.3) is 0 Å². The number of carbonyl (C=O) groups is 1. The first-order valence-corrected chi connectivity index (χ1v) is 13.4. The lowest BCUT2D eigenvalue weighted by Crippen LogP contribution is -2.50. The Morgan fingerprint density at radius 3 is 2.38 bits per heavy atom. The lowest BCUT2D eigenvalue weighted by atomic mass is 10.1. The standard InChI is InChI=1S/C24H32ClN3O3S/c1-18-15-22(19(2)28(18)21-8-4-5-9-21)24(29)16-26-11-13-27(14-12-26)32(30,31)17-20-7-3-6-10-23(20)25/h3,6-7,10,15,21H,4-5,8-9,11-14,16-17H2,1-2H3. The molecule has 1 aromatic heterocycles. The predicted molar refractivity (Wildman–Crippen MR) is 128 cm³/mol. The number of rotatable bonds is 7. The van der Waals surface area contributed by atoms with E-state index in [1.54, 1.807) is 24.3 Å². The van der Waals surface area contributed by atoms with E-state index in [1.807, 2.05) is 6.07 Å². The molecule has 1 saturated carbocycles. The highest BCUT2D eigenvalue weighted by atomic mass is 35.5. The Balaban J connectivity index is 1.35. The van der Waals surface area contributed by atoms with Crippen molar-refractivity contribution in [1.82, 2.24) is 13.8 Å². The van der Waals surface area contributed by atoms with E-state index in [-0.39, 0.29) is 11.5 Å². The summed E-state index contributed by atoms with van der Waals surface area (Å²) in [7, 11) is -3.45. The number of Topliss-reactive ketones (excluding diaryl/α,β-unsaturated/α-hetero) is 1. The van der Waals surface area contributed by atoms with Gasteiger partial charge in [0.2, 0.25) is 10.0 Å². The third-order valence-corrected chi connectivity index (χ3v) is 9.06. The van der Waals surface area contributed by atoms with Crippen molar-refractivity contribution in [2.75, 3.05) is 32.7 Å². The molecule has 0 radical (unpaired) electrons. The Hall–Kier alpha value is -1.67. The van der Waals surface area contributed by atoms with Crippen molar-refractivity contribution in [2.24, 2.45) is 0 Å². The SMILES string of the molecule is Cc1cc(C(=O)CN2CCN(S(=O)(=O)Cc3ccccc3Cl)CC2)c(C)n1C1CCCC1. The second-order valence-electron chi connectivity index (χ2n) is 9.04. The molecule has 32 heavy (non-hydrogen) atoms. The van der Waals surface area contributed by atoms with Gasteiger partial charge in [-0.1, -0.05) is 42.6 Å². The van der Waals surface area contributed by atoms with Crippen LogP contribution in [0, 0.1) is 13.8 Å². The first kappa shape index (κ1) is 23.5. The summed E-state index contributed by atoms with van der Waals surface area (Å²) in [5, 5.41) is 0.468. The smallest absolute Gasteiger partial charge is 0.218 e. The van der Waals surface area contributed by atoms with Crippen LogP contribution in [0.2, 0.25) is 5.02 Å². The Morgan fingerprint density at radius 1 is 1.06 bits per heavy atom. The second-order valence-corrected chi connectivity index (χ2v) is 11.4. The van der Waals surface area contributed by atoms with Gasteiger partial charge in [-0.3, -0.25) is 9.69 Å². The van der Waals surface area contributed by atoms with E-state index in [1.165, 1.54) is 30.0 Å².